The monoisotopic (exact) mass is 318 g/mol. The van der Waals surface area contributed by atoms with Gasteiger partial charge in [-0.15, -0.1) is 12.4 Å². The first-order chi connectivity index (χ1) is 10.2. The summed E-state index contributed by atoms with van der Waals surface area (Å²) in [6.07, 6.45) is 1.23. The molecule has 3 rings (SSSR count). The van der Waals surface area contributed by atoms with E-state index in [9.17, 15) is 0 Å². The predicted molar refractivity (Wildman–Crippen MR) is 93.8 cm³/mol. The molecule has 22 heavy (non-hydrogen) atoms. The summed E-state index contributed by atoms with van der Waals surface area (Å²) in [5.41, 5.74) is 7.94. The number of benzene rings is 2. The molecule has 4 heteroatoms. The number of hydrogen-bond donors (Lipinski definition) is 1. The first-order valence-corrected chi connectivity index (χ1v) is 7.48. The molecule has 2 N–H and O–H groups in total. The van der Waals surface area contributed by atoms with E-state index in [1.165, 1.54) is 5.56 Å². The molecule has 0 spiro atoms. The highest BCUT2D eigenvalue weighted by Crippen LogP contribution is 2.30. The fraction of sp³-hybridized carbons (Fsp3) is 0.333. The van der Waals surface area contributed by atoms with Crippen LogP contribution < -0.4 is 10.5 Å². The Labute approximate surface area is 138 Å². The lowest BCUT2D eigenvalue weighted by Crippen LogP contribution is -2.42. The number of anilines is 1. The standard InChI is InChI=1S/C18H22N2O.ClH/c1-20-11-10-18(21-16-9-5-8-15(19)12-16)17(13-20)14-6-3-2-4-7-14;/h2-9,12,17-18H,10-11,13,19H2,1H3;1H/t17-,18-;/m1./s1. The van der Waals surface area contributed by atoms with Crippen LogP contribution in [0.1, 0.15) is 17.9 Å². The molecule has 0 radical (unpaired) electrons. The van der Waals surface area contributed by atoms with Crippen LogP contribution in [0.5, 0.6) is 5.75 Å². The Morgan fingerprint density at radius 3 is 2.59 bits per heavy atom. The molecule has 0 aliphatic carbocycles. The van der Waals surface area contributed by atoms with E-state index in [0.717, 1.165) is 30.9 Å². The van der Waals surface area contributed by atoms with Gasteiger partial charge in [-0.05, 0) is 31.2 Å². The molecule has 2 aromatic carbocycles. The molecule has 2 atom stereocenters. The van der Waals surface area contributed by atoms with Crippen LogP contribution in [0, 0.1) is 0 Å². The highest BCUT2D eigenvalue weighted by Gasteiger charge is 2.30. The van der Waals surface area contributed by atoms with Crippen LogP contribution in [0.2, 0.25) is 0 Å². The van der Waals surface area contributed by atoms with Gasteiger partial charge in [0.05, 0.1) is 0 Å². The van der Waals surface area contributed by atoms with Gasteiger partial charge in [-0.1, -0.05) is 36.4 Å². The van der Waals surface area contributed by atoms with E-state index in [1.807, 2.05) is 24.3 Å². The molecule has 1 aliphatic rings. The minimum absolute atomic E-state index is 0. The van der Waals surface area contributed by atoms with Crippen LogP contribution in [-0.4, -0.2) is 31.1 Å². The van der Waals surface area contributed by atoms with Gasteiger partial charge in [-0.25, -0.2) is 0 Å². The first kappa shape index (κ1) is 16.7. The van der Waals surface area contributed by atoms with Crippen LogP contribution in [0.15, 0.2) is 54.6 Å². The maximum Gasteiger partial charge on any atom is 0.121 e. The van der Waals surface area contributed by atoms with Gasteiger partial charge < -0.3 is 15.4 Å². The quantitative estimate of drug-likeness (QED) is 0.879. The Morgan fingerprint density at radius 1 is 1.09 bits per heavy atom. The van der Waals surface area contributed by atoms with Crippen LogP contribution in [0.4, 0.5) is 5.69 Å². The number of piperidine rings is 1. The number of nitrogen functional groups attached to an aromatic ring is 1. The lowest BCUT2D eigenvalue weighted by atomic mass is 9.88. The summed E-state index contributed by atoms with van der Waals surface area (Å²) >= 11 is 0. The fourth-order valence-corrected chi connectivity index (χ4v) is 3.02. The number of nitrogens with zero attached hydrogens (tertiary/aromatic N) is 1. The molecule has 1 heterocycles. The Balaban J connectivity index is 0.00000176. The minimum atomic E-state index is 0. The van der Waals surface area contributed by atoms with Crippen molar-refractivity contribution in [1.29, 1.82) is 0 Å². The van der Waals surface area contributed by atoms with E-state index >= 15 is 0 Å². The molecule has 118 valence electrons. The summed E-state index contributed by atoms with van der Waals surface area (Å²) in [5.74, 6) is 1.26. The molecule has 0 amide bonds. The van der Waals surface area contributed by atoms with Gasteiger partial charge >= 0.3 is 0 Å². The van der Waals surface area contributed by atoms with Gasteiger partial charge in [0.2, 0.25) is 0 Å². The van der Waals surface area contributed by atoms with Crippen molar-refractivity contribution in [3.05, 3.63) is 60.2 Å². The maximum atomic E-state index is 6.24. The van der Waals surface area contributed by atoms with Crippen molar-refractivity contribution in [2.45, 2.75) is 18.4 Å². The lowest BCUT2D eigenvalue weighted by molar-refractivity contribution is 0.0903. The van der Waals surface area contributed by atoms with Crippen LogP contribution >= 0.6 is 12.4 Å². The topological polar surface area (TPSA) is 38.5 Å². The average molecular weight is 319 g/mol. The van der Waals surface area contributed by atoms with E-state index < -0.39 is 0 Å². The van der Waals surface area contributed by atoms with Crippen LogP contribution in [-0.2, 0) is 0 Å². The highest BCUT2D eigenvalue weighted by atomic mass is 35.5. The van der Waals surface area contributed by atoms with Gasteiger partial charge in [-0.2, -0.15) is 0 Å². The number of rotatable bonds is 3. The van der Waals surface area contributed by atoms with Crippen molar-refractivity contribution in [2.75, 3.05) is 25.9 Å². The van der Waals surface area contributed by atoms with Crippen LogP contribution in [0.25, 0.3) is 0 Å². The van der Waals surface area contributed by atoms with E-state index in [1.54, 1.807) is 0 Å². The Morgan fingerprint density at radius 2 is 1.86 bits per heavy atom. The number of ether oxygens (including phenoxy) is 1. The third kappa shape index (κ3) is 3.93. The summed E-state index contributed by atoms with van der Waals surface area (Å²) in [7, 11) is 2.17. The van der Waals surface area contributed by atoms with Gasteiger partial charge in [-0.3, -0.25) is 0 Å². The number of likely N-dealkylation sites (N-methyl/N-ethyl adjacent to an activating group) is 1. The zero-order valence-corrected chi connectivity index (χ0v) is 13.6. The smallest absolute Gasteiger partial charge is 0.121 e. The largest absolute Gasteiger partial charge is 0.490 e. The predicted octanol–water partition coefficient (Wildman–Crippen LogP) is 3.56. The molecule has 1 aliphatic heterocycles. The molecule has 0 aromatic heterocycles. The molecular formula is C18H23ClN2O. The molecule has 0 bridgehead atoms. The van der Waals surface area contributed by atoms with Crippen molar-refractivity contribution in [2.24, 2.45) is 0 Å². The van der Waals surface area contributed by atoms with Gasteiger partial charge in [0.1, 0.15) is 11.9 Å². The number of nitrogens with two attached hydrogens (primary N) is 1. The second-order valence-corrected chi connectivity index (χ2v) is 5.80. The maximum absolute atomic E-state index is 6.24. The van der Waals surface area contributed by atoms with Crippen molar-refractivity contribution >= 4 is 18.1 Å². The second kappa shape index (κ2) is 7.52. The lowest BCUT2D eigenvalue weighted by Gasteiger charge is -2.37. The Hall–Kier alpha value is -1.71. The Bertz CT molecular complexity index is 591. The molecule has 3 nitrogen and oxygen atoms in total. The SMILES string of the molecule is CN1CC[C@@H](Oc2cccc(N)c2)[C@@H](c2ccccc2)C1.Cl. The van der Waals surface area contributed by atoms with E-state index in [0.29, 0.717) is 5.92 Å². The van der Waals surface area contributed by atoms with E-state index in [2.05, 4.69) is 42.3 Å². The molecular weight excluding hydrogens is 296 g/mol. The first-order valence-electron chi connectivity index (χ1n) is 7.48. The number of halogens is 1. The number of hydrogen-bond acceptors (Lipinski definition) is 3. The highest BCUT2D eigenvalue weighted by molar-refractivity contribution is 5.85. The van der Waals surface area contributed by atoms with Crippen molar-refractivity contribution < 1.29 is 4.74 Å². The average Bonchev–Trinajstić information content (AvgIpc) is 2.50. The Kier molecular flexibility index (Phi) is 5.69. The van der Waals surface area contributed by atoms with Gasteiger partial charge in [0, 0.05) is 30.8 Å². The molecule has 0 saturated carbocycles. The normalized spacial score (nSPS) is 21.9. The van der Waals surface area contributed by atoms with Crippen LogP contribution in [0.3, 0.4) is 0 Å². The van der Waals surface area contributed by atoms with Gasteiger partial charge in [0.25, 0.3) is 0 Å². The summed E-state index contributed by atoms with van der Waals surface area (Å²) < 4.78 is 6.24. The summed E-state index contributed by atoms with van der Waals surface area (Å²) in [6, 6.07) is 18.4. The van der Waals surface area contributed by atoms with Gasteiger partial charge in [0.15, 0.2) is 0 Å². The fourth-order valence-electron chi connectivity index (χ4n) is 3.02. The molecule has 1 saturated heterocycles. The second-order valence-electron chi connectivity index (χ2n) is 5.80. The van der Waals surface area contributed by atoms with E-state index in [4.69, 9.17) is 10.5 Å². The van der Waals surface area contributed by atoms with E-state index in [-0.39, 0.29) is 18.5 Å². The zero-order valence-electron chi connectivity index (χ0n) is 12.8. The van der Waals surface area contributed by atoms with Crippen molar-refractivity contribution in [3.8, 4) is 5.75 Å². The third-order valence-corrected chi connectivity index (χ3v) is 4.13. The zero-order chi connectivity index (χ0) is 14.7. The van der Waals surface area contributed by atoms with Crippen molar-refractivity contribution in [3.63, 3.8) is 0 Å². The summed E-state index contributed by atoms with van der Waals surface area (Å²) in [5, 5.41) is 0. The third-order valence-electron chi connectivity index (χ3n) is 4.13. The molecule has 0 unspecified atom stereocenters. The van der Waals surface area contributed by atoms with Crippen molar-refractivity contribution in [1.82, 2.24) is 4.90 Å². The minimum Gasteiger partial charge on any atom is -0.490 e. The summed E-state index contributed by atoms with van der Waals surface area (Å²) in [4.78, 5) is 2.37. The summed E-state index contributed by atoms with van der Waals surface area (Å²) in [6.45, 7) is 2.09. The number of likely N-dealkylation sites (tertiary alicyclic amines) is 1. The molecule has 2 aromatic rings. The molecule has 1 fully saturated rings.